The lowest BCUT2D eigenvalue weighted by molar-refractivity contribution is 0.0432. The molecule has 1 atom stereocenters. The quantitative estimate of drug-likeness (QED) is 0.797. The molecular weight excluding hydrogens is 256 g/mol. The highest BCUT2D eigenvalue weighted by Gasteiger charge is 2.17. The van der Waals surface area contributed by atoms with Gasteiger partial charge in [-0.15, -0.1) is 0 Å². The number of hydrogen-bond donors (Lipinski definition) is 0. The number of para-hydroxylation sites is 1. The van der Waals surface area contributed by atoms with Gasteiger partial charge in [0.1, 0.15) is 17.4 Å². The van der Waals surface area contributed by atoms with Crippen LogP contribution in [0.25, 0.3) is 0 Å². The molecule has 5 nitrogen and oxygen atoms in total. The van der Waals surface area contributed by atoms with E-state index in [1.165, 1.54) is 19.2 Å². The monoisotopic (exact) mass is 268 g/mol. The van der Waals surface area contributed by atoms with Gasteiger partial charge in [-0.1, -0.05) is 18.2 Å². The third-order valence-corrected chi connectivity index (χ3v) is 2.41. The first-order valence-electron chi connectivity index (χ1n) is 5.99. The number of carbonyl (C=O) groups excluding carboxylic acids is 1. The van der Waals surface area contributed by atoms with Crippen molar-refractivity contribution in [3.63, 3.8) is 0 Å². The Morgan fingerprint density at radius 3 is 2.70 bits per heavy atom. The van der Waals surface area contributed by atoms with Crippen molar-refractivity contribution in [2.75, 3.05) is 0 Å². The molecule has 1 heterocycles. The summed E-state index contributed by atoms with van der Waals surface area (Å²) in [5.74, 6) is 0.0699. The largest absolute Gasteiger partial charge is 0.444 e. The van der Waals surface area contributed by atoms with Crippen molar-refractivity contribution in [3.05, 3.63) is 54.2 Å². The van der Waals surface area contributed by atoms with Gasteiger partial charge in [-0.25, -0.2) is 9.78 Å². The fraction of sp³-hybridized carbons (Fsp3) is 0.133. The standard InChI is InChI=1S/C15H12N2O3/c1-11(10-16)19-15(18)13-8-5-9-17-14(13)20-12-6-3-2-4-7-12/h2-9,11H,1H3. The van der Waals surface area contributed by atoms with Crippen LogP contribution >= 0.6 is 0 Å². The molecule has 20 heavy (non-hydrogen) atoms. The summed E-state index contributed by atoms with van der Waals surface area (Å²) < 4.78 is 10.5. The van der Waals surface area contributed by atoms with Gasteiger partial charge in [-0.2, -0.15) is 5.26 Å². The number of ether oxygens (including phenoxy) is 2. The van der Waals surface area contributed by atoms with Gasteiger partial charge >= 0.3 is 5.97 Å². The normalized spacial score (nSPS) is 11.2. The molecule has 0 spiro atoms. The van der Waals surface area contributed by atoms with Gasteiger partial charge in [0, 0.05) is 6.20 Å². The number of aromatic nitrogens is 1. The highest BCUT2D eigenvalue weighted by Crippen LogP contribution is 2.23. The van der Waals surface area contributed by atoms with Crippen LogP contribution in [0.15, 0.2) is 48.7 Å². The number of esters is 1. The molecule has 0 N–H and O–H groups in total. The summed E-state index contributed by atoms with van der Waals surface area (Å²) in [5, 5.41) is 8.66. The number of hydrogen-bond acceptors (Lipinski definition) is 5. The minimum atomic E-state index is -0.827. The van der Waals surface area contributed by atoms with Crippen molar-refractivity contribution in [3.8, 4) is 17.7 Å². The van der Waals surface area contributed by atoms with E-state index in [0.717, 1.165) is 0 Å². The number of benzene rings is 1. The van der Waals surface area contributed by atoms with Gasteiger partial charge < -0.3 is 9.47 Å². The zero-order valence-corrected chi connectivity index (χ0v) is 10.8. The number of carbonyl (C=O) groups is 1. The Bertz CT molecular complexity index is 635. The third kappa shape index (κ3) is 3.33. The zero-order valence-electron chi connectivity index (χ0n) is 10.8. The SMILES string of the molecule is CC(C#N)OC(=O)c1cccnc1Oc1ccccc1. The molecule has 100 valence electrons. The van der Waals surface area contributed by atoms with Crippen LogP contribution in [0.5, 0.6) is 11.6 Å². The summed E-state index contributed by atoms with van der Waals surface area (Å²) in [5.41, 5.74) is 0.179. The molecule has 2 rings (SSSR count). The molecule has 0 saturated carbocycles. The molecule has 0 bridgehead atoms. The Morgan fingerprint density at radius 2 is 2.00 bits per heavy atom. The average molecular weight is 268 g/mol. The van der Waals surface area contributed by atoms with Gasteiger partial charge in [0.2, 0.25) is 5.88 Å². The smallest absolute Gasteiger partial charge is 0.344 e. The van der Waals surface area contributed by atoms with E-state index in [1.54, 1.807) is 18.2 Å². The molecule has 0 aliphatic carbocycles. The molecule has 0 saturated heterocycles. The molecule has 0 aliphatic rings. The Kier molecular flexibility index (Phi) is 4.30. The topological polar surface area (TPSA) is 72.2 Å². The van der Waals surface area contributed by atoms with E-state index in [2.05, 4.69) is 4.98 Å². The lowest BCUT2D eigenvalue weighted by Crippen LogP contribution is -2.14. The third-order valence-electron chi connectivity index (χ3n) is 2.41. The number of rotatable bonds is 4. The van der Waals surface area contributed by atoms with Crippen molar-refractivity contribution in [1.82, 2.24) is 4.98 Å². The maximum absolute atomic E-state index is 11.9. The first-order chi connectivity index (χ1) is 9.70. The summed E-state index contributed by atoms with van der Waals surface area (Å²) in [6.07, 6.45) is 0.690. The minimum absolute atomic E-state index is 0.147. The zero-order chi connectivity index (χ0) is 14.4. The van der Waals surface area contributed by atoms with Crippen molar-refractivity contribution >= 4 is 5.97 Å². The number of pyridine rings is 1. The van der Waals surface area contributed by atoms with E-state index < -0.39 is 12.1 Å². The Morgan fingerprint density at radius 1 is 1.25 bits per heavy atom. The average Bonchev–Trinajstić information content (AvgIpc) is 2.48. The number of nitriles is 1. The van der Waals surface area contributed by atoms with Crippen LogP contribution in [-0.4, -0.2) is 17.1 Å². The van der Waals surface area contributed by atoms with E-state index in [9.17, 15) is 4.79 Å². The summed E-state index contributed by atoms with van der Waals surface area (Å²) >= 11 is 0. The highest BCUT2D eigenvalue weighted by molar-refractivity contribution is 5.92. The van der Waals surface area contributed by atoms with Crippen LogP contribution in [0.3, 0.4) is 0 Å². The molecule has 1 unspecified atom stereocenters. The van der Waals surface area contributed by atoms with Crippen LogP contribution in [0, 0.1) is 11.3 Å². The summed E-state index contributed by atoms with van der Waals surface area (Å²) in [6, 6.07) is 14.0. The van der Waals surface area contributed by atoms with Crippen LogP contribution in [0.1, 0.15) is 17.3 Å². The minimum Gasteiger partial charge on any atom is -0.444 e. The first-order valence-corrected chi connectivity index (χ1v) is 5.99. The van der Waals surface area contributed by atoms with Crippen molar-refractivity contribution in [1.29, 1.82) is 5.26 Å². The number of nitrogens with zero attached hydrogens (tertiary/aromatic N) is 2. The molecule has 1 aromatic heterocycles. The molecule has 1 aromatic carbocycles. The van der Waals surface area contributed by atoms with Crippen molar-refractivity contribution in [2.45, 2.75) is 13.0 Å². The molecular formula is C15H12N2O3. The van der Waals surface area contributed by atoms with E-state index in [1.807, 2.05) is 24.3 Å². The second kappa shape index (κ2) is 6.34. The Labute approximate surface area is 116 Å². The van der Waals surface area contributed by atoms with E-state index in [0.29, 0.717) is 5.75 Å². The van der Waals surface area contributed by atoms with E-state index in [4.69, 9.17) is 14.7 Å². The second-order valence-electron chi connectivity index (χ2n) is 3.95. The van der Waals surface area contributed by atoms with Gasteiger partial charge in [0.25, 0.3) is 0 Å². The Hall–Kier alpha value is -2.87. The van der Waals surface area contributed by atoms with Gasteiger partial charge in [-0.3, -0.25) is 0 Å². The molecule has 0 radical (unpaired) electrons. The van der Waals surface area contributed by atoms with Gasteiger partial charge in [-0.05, 0) is 31.2 Å². The summed E-state index contributed by atoms with van der Waals surface area (Å²) in [7, 11) is 0. The first kappa shape index (κ1) is 13.6. The van der Waals surface area contributed by atoms with Crippen LogP contribution in [0.2, 0.25) is 0 Å². The molecule has 5 heteroatoms. The Balaban J connectivity index is 2.23. The fourth-order valence-corrected chi connectivity index (χ4v) is 1.48. The highest BCUT2D eigenvalue weighted by atomic mass is 16.5. The predicted molar refractivity (Wildman–Crippen MR) is 71.2 cm³/mol. The maximum atomic E-state index is 11.9. The van der Waals surface area contributed by atoms with Crippen LogP contribution in [-0.2, 0) is 4.74 Å². The summed E-state index contributed by atoms with van der Waals surface area (Å²) in [4.78, 5) is 16.0. The lowest BCUT2D eigenvalue weighted by Gasteiger charge is -2.10. The van der Waals surface area contributed by atoms with Gasteiger partial charge in [0.15, 0.2) is 6.10 Å². The fourth-order valence-electron chi connectivity index (χ4n) is 1.48. The molecule has 0 aliphatic heterocycles. The molecule has 0 fully saturated rings. The van der Waals surface area contributed by atoms with Gasteiger partial charge in [0.05, 0.1) is 0 Å². The second-order valence-corrected chi connectivity index (χ2v) is 3.95. The van der Waals surface area contributed by atoms with E-state index >= 15 is 0 Å². The lowest BCUT2D eigenvalue weighted by atomic mass is 10.2. The van der Waals surface area contributed by atoms with Crippen molar-refractivity contribution in [2.24, 2.45) is 0 Å². The molecule has 0 amide bonds. The molecule has 2 aromatic rings. The van der Waals surface area contributed by atoms with E-state index in [-0.39, 0.29) is 11.4 Å². The summed E-state index contributed by atoms with van der Waals surface area (Å²) in [6.45, 7) is 1.49. The predicted octanol–water partition coefficient (Wildman–Crippen LogP) is 2.94. The maximum Gasteiger partial charge on any atom is 0.344 e. The van der Waals surface area contributed by atoms with Crippen LogP contribution < -0.4 is 4.74 Å². The van der Waals surface area contributed by atoms with Crippen molar-refractivity contribution < 1.29 is 14.3 Å². The van der Waals surface area contributed by atoms with Crippen LogP contribution in [0.4, 0.5) is 0 Å².